The molecule has 1 aromatic heterocycles. The van der Waals surface area contributed by atoms with E-state index < -0.39 is 0 Å². The number of nitrogens with one attached hydrogen (secondary N) is 1. The molecule has 1 N–H and O–H groups in total. The second kappa shape index (κ2) is 4.07. The molecule has 0 spiro atoms. The van der Waals surface area contributed by atoms with Gasteiger partial charge in [0, 0.05) is 12.1 Å². The molecule has 0 radical (unpaired) electrons. The van der Waals surface area contributed by atoms with E-state index in [-0.39, 0.29) is 12.4 Å². The number of oxazole rings is 1. The molecule has 0 aliphatic heterocycles. The first-order chi connectivity index (χ1) is 6.20. The Labute approximate surface area is 92.9 Å². The van der Waals surface area contributed by atoms with Crippen molar-refractivity contribution in [3.05, 3.63) is 22.7 Å². The second-order valence-electron chi connectivity index (χ2n) is 2.84. The van der Waals surface area contributed by atoms with Gasteiger partial charge in [-0.15, -0.1) is 12.4 Å². The molecule has 0 bridgehead atoms. The van der Waals surface area contributed by atoms with Crippen molar-refractivity contribution in [2.45, 2.75) is 6.92 Å². The molecule has 3 nitrogen and oxygen atoms in total. The van der Waals surface area contributed by atoms with Crippen LogP contribution in [0.25, 0.3) is 11.1 Å². The summed E-state index contributed by atoms with van der Waals surface area (Å²) in [6.45, 7) is 1.93. The number of hydrogen-bond donors (Lipinski definition) is 1. The van der Waals surface area contributed by atoms with Crippen molar-refractivity contribution in [2.75, 3.05) is 12.4 Å². The van der Waals surface area contributed by atoms with Gasteiger partial charge in [0.1, 0.15) is 5.52 Å². The zero-order valence-electron chi connectivity index (χ0n) is 7.80. The van der Waals surface area contributed by atoms with Gasteiger partial charge in [0.2, 0.25) is 0 Å². The largest absolute Gasteiger partial charge is 0.424 e. The van der Waals surface area contributed by atoms with E-state index in [0.29, 0.717) is 11.0 Å². The lowest BCUT2D eigenvalue weighted by atomic mass is 10.2. The maximum atomic E-state index is 5.94. The van der Waals surface area contributed by atoms with Crippen LogP contribution >= 0.6 is 24.0 Å². The van der Waals surface area contributed by atoms with Crippen LogP contribution in [-0.4, -0.2) is 12.0 Å². The quantitative estimate of drug-likeness (QED) is 0.821. The Morgan fingerprint density at radius 2 is 2.14 bits per heavy atom. The van der Waals surface area contributed by atoms with Crippen LogP contribution in [0.15, 0.2) is 16.5 Å². The Bertz CT molecular complexity index is 414. The molecule has 0 saturated heterocycles. The molecule has 0 saturated carbocycles. The SMILES string of the molecule is CNc1nc2cc(Cl)c(C)cc2o1.Cl. The number of benzene rings is 1. The second-order valence-corrected chi connectivity index (χ2v) is 3.25. The van der Waals surface area contributed by atoms with Crippen molar-refractivity contribution in [1.82, 2.24) is 4.98 Å². The fourth-order valence-corrected chi connectivity index (χ4v) is 1.31. The molecule has 1 aromatic carbocycles. The highest BCUT2D eigenvalue weighted by atomic mass is 35.5. The first kappa shape index (κ1) is 11.1. The van der Waals surface area contributed by atoms with Crippen LogP contribution in [0.2, 0.25) is 5.02 Å². The average Bonchev–Trinajstić information content (AvgIpc) is 2.48. The zero-order valence-corrected chi connectivity index (χ0v) is 9.37. The predicted octanol–water partition coefficient (Wildman–Crippen LogP) is 3.25. The molecular formula is C9H10Cl2N2O. The molecule has 14 heavy (non-hydrogen) atoms. The number of halogens is 2. The van der Waals surface area contributed by atoms with E-state index in [4.69, 9.17) is 16.0 Å². The maximum Gasteiger partial charge on any atom is 0.295 e. The number of nitrogens with zero attached hydrogens (tertiary/aromatic N) is 1. The third-order valence-corrected chi connectivity index (χ3v) is 2.29. The molecule has 76 valence electrons. The normalized spacial score (nSPS) is 9.93. The number of aryl methyl sites for hydroxylation is 1. The summed E-state index contributed by atoms with van der Waals surface area (Å²) < 4.78 is 5.37. The van der Waals surface area contributed by atoms with Crippen LogP contribution in [0.1, 0.15) is 5.56 Å². The van der Waals surface area contributed by atoms with Crippen molar-refractivity contribution < 1.29 is 4.42 Å². The maximum absolute atomic E-state index is 5.94. The number of rotatable bonds is 1. The van der Waals surface area contributed by atoms with E-state index in [1.807, 2.05) is 13.0 Å². The molecule has 0 atom stereocenters. The van der Waals surface area contributed by atoms with Gasteiger partial charge in [-0.05, 0) is 24.6 Å². The molecular weight excluding hydrogens is 223 g/mol. The minimum absolute atomic E-state index is 0. The molecule has 0 fully saturated rings. The van der Waals surface area contributed by atoms with E-state index in [0.717, 1.165) is 16.7 Å². The van der Waals surface area contributed by atoms with Crippen molar-refractivity contribution in [3.63, 3.8) is 0 Å². The minimum atomic E-state index is 0. The van der Waals surface area contributed by atoms with E-state index >= 15 is 0 Å². The van der Waals surface area contributed by atoms with Crippen molar-refractivity contribution in [2.24, 2.45) is 0 Å². The van der Waals surface area contributed by atoms with Gasteiger partial charge in [-0.25, -0.2) is 0 Å². The van der Waals surface area contributed by atoms with E-state index in [2.05, 4.69) is 10.3 Å². The van der Waals surface area contributed by atoms with Crippen LogP contribution in [-0.2, 0) is 0 Å². The Hall–Kier alpha value is -0.930. The molecule has 0 aliphatic rings. The standard InChI is InChI=1S/C9H9ClN2O.ClH/c1-5-3-8-7(4-6(5)10)12-9(11-2)13-8;/h3-4H,1-2H3,(H,11,12);1H. The Morgan fingerprint density at radius 3 is 2.79 bits per heavy atom. The predicted molar refractivity (Wildman–Crippen MR) is 60.6 cm³/mol. The van der Waals surface area contributed by atoms with Gasteiger partial charge in [-0.3, -0.25) is 0 Å². The summed E-state index contributed by atoms with van der Waals surface area (Å²) in [5.74, 6) is 0. The van der Waals surface area contributed by atoms with Crippen LogP contribution in [0, 0.1) is 6.92 Å². The lowest BCUT2D eigenvalue weighted by molar-refractivity contribution is 0.620. The summed E-state index contributed by atoms with van der Waals surface area (Å²) in [5, 5.41) is 3.55. The van der Waals surface area contributed by atoms with Gasteiger partial charge in [0.25, 0.3) is 6.01 Å². The van der Waals surface area contributed by atoms with Crippen LogP contribution in [0.3, 0.4) is 0 Å². The summed E-state index contributed by atoms with van der Waals surface area (Å²) in [4.78, 5) is 4.17. The van der Waals surface area contributed by atoms with E-state index in [9.17, 15) is 0 Å². The molecule has 2 rings (SSSR count). The van der Waals surface area contributed by atoms with Gasteiger partial charge < -0.3 is 9.73 Å². The minimum Gasteiger partial charge on any atom is -0.424 e. The number of aromatic nitrogens is 1. The summed E-state index contributed by atoms with van der Waals surface area (Å²) in [5.41, 5.74) is 2.53. The van der Waals surface area contributed by atoms with Gasteiger partial charge in [0.15, 0.2) is 5.58 Å². The number of hydrogen-bond acceptors (Lipinski definition) is 3. The Balaban J connectivity index is 0.000000980. The van der Waals surface area contributed by atoms with Gasteiger partial charge >= 0.3 is 0 Å². The molecule has 2 aromatic rings. The third-order valence-electron chi connectivity index (χ3n) is 1.88. The lowest BCUT2D eigenvalue weighted by Gasteiger charge is -1.93. The fraction of sp³-hybridized carbons (Fsp3) is 0.222. The summed E-state index contributed by atoms with van der Waals surface area (Å²) in [6.07, 6.45) is 0. The first-order valence-corrected chi connectivity index (χ1v) is 4.33. The molecule has 5 heteroatoms. The zero-order chi connectivity index (χ0) is 9.42. The van der Waals surface area contributed by atoms with Crippen molar-refractivity contribution in [3.8, 4) is 0 Å². The van der Waals surface area contributed by atoms with Gasteiger partial charge in [0.05, 0.1) is 0 Å². The fourth-order valence-electron chi connectivity index (χ4n) is 1.16. The van der Waals surface area contributed by atoms with Crippen molar-refractivity contribution in [1.29, 1.82) is 0 Å². The first-order valence-electron chi connectivity index (χ1n) is 3.95. The topological polar surface area (TPSA) is 38.1 Å². The molecule has 1 heterocycles. The van der Waals surface area contributed by atoms with Crippen LogP contribution < -0.4 is 5.32 Å². The monoisotopic (exact) mass is 232 g/mol. The molecule has 0 aliphatic carbocycles. The highest BCUT2D eigenvalue weighted by Gasteiger charge is 2.06. The highest BCUT2D eigenvalue weighted by molar-refractivity contribution is 6.32. The van der Waals surface area contributed by atoms with Crippen molar-refractivity contribution >= 4 is 41.1 Å². The van der Waals surface area contributed by atoms with E-state index in [1.165, 1.54) is 0 Å². The number of anilines is 1. The molecule has 0 amide bonds. The van der Waals surface area contributed by atoms with Crippen LogP contribution in [0.5, 0.6) is 0 Å². The highest BCUT2D eigenvalue weighted by Crippen LogP contribution is 2.25. The number of fused-ring (bicyclic) bond motifs is 1. The van der Waals surface area contributed by atoms with E-state index in [1.54, 1.807) is 13.1 Å². The Morgan fingerprint density at radius 1 is 1.43 bits per heavy atom. The summed E-state index contributed by atoms with van der Waals surface area (Å²) >= 11 is 5.94. The van der Waals surface area contributed by atoms with Crippen LogP contribution in [0.4, 0.5) is 6.01 Å². The third kappa shape index (κ3) is 1.79. The van der Waals surface area contributed by atoms with Gasteiger partial charge in [-0.1, -0.05) is 11.6 Å². The molecule has 0 unspecified atom stereocenters. The average molecular weight is 233 g/mol. The summed E-state index contributed by atoms with van der Waals surface area (Å²) in [7, 11) is 1.76. The summed E-state index contributed by atoms with van der Waals surface area (Å²) in [6, 6.07) is 4.19. The smallest absolute Gasteiger partial charge is 0.295 e. The van der Waals surface area contributed by atoms with Gasteiger partial charge in [-0.2, -0.15) is 4.98 Å². The lowest BCUT2D eigenvalue weighted by Crippen LogP contribution is -1.85. The Kier molecular flexibility index (Phi) is 3.24.